The molecule has 3 rings (SSSR count). The molecule has 22 heavy (non-hydrogen) atoms. The number of H-pyrrole nitrogens is 1. The third kappa shape index (κ3) is 2.98. The number of aromatic amines is 1. The number of ether oxygens (including phenoxy) is 1. The number of hydrogen-bond acceptors (Lipinski definition) is 2. The molecule has 114 valence electrons. The first-order chi connectivity index (χ1) is 10.7. The van der Waals surface area contributed by atoms with Crippen LogP contribution in [0, 0.1) is 6.92 Å². The van der Waals surface area contributed by atoms with Crippen LogP contribution in [0.1, 0.15) is 30.4 Å². The van der Waals surface area contributed by atoms with Crippen LogP contribution in [0.15, 0.2) is 42.5 Å². The molecule has 1 aliphatic rings. The molecule has 0 saturated carbocycles. The summed E-state index contributed by atoms with van der Waals surface area (Å²) in [6, 6.07) is 6.48. The van der Waals surface area contributed by atoms with Gasteiger partial charge in [0.15, 0.2) is 0 Å². The molecule has 1 aliphatic heterocycles. The Hall–Kier alpha value is -2.29. The standard InChI is InChI=1S/C19H22N2O/c1-4-13(2)6-5-7-15-8-9-16-18(12-15)22-11-10-17-19(16)21-14(3)20-17/h4,6,8-9,12H,1,5,7,10-11H2,2-3H3,(H,20,21). The fourth-order valence-corrected chi connectivity index (χ4v) is 2.79. The van der Waals surface area contributed by atoms with E-state index < -0.39 is 0 Å². The van der Waals surface area contributed by atoms with Crippen molar-refractivity contribution in [1.29, 1.82) is 0 Å². The Bertz CT molecular complexity index is 725. The van der Waals surface area contributed by atoms with Gasteiger partial charge in [-0.25, -0.2) is 4.98 Å². The number of rotatable bonds is 4. The van der Waals surface area contributed by atoms with Crippen molar-refractivity contribution in [3.8, 4) is 17.0 Å². The molecule has 0 unspecified atom stereocenters. The molecule has 3 heteroatoms. The first kappa shape index (κ1) is 14.6. The minimum atomic E-state index is 0.695. The molecule has 0 saturated heterocycles. The molecule has 2 heterocycles. The number of hydrogen-bond donors (Lipinski definition) is 1. The van der Waals surface area contributed by atoms with Gasteiger partial charge in [-0.2, -0.15) is 0 Å². The minimum absolute atomic E-state index is 0.695. The van der Waals surface area contributed by atoms with E-state index in [-0.39, 0.29) is 0 Å². The molecule has 1 N–H and O–H groups in total. The van der Waals surface area contributed by atoms with Gasteiger partial charge in [-0.15, -0.1) is 0 Å². The van der Waals surface area contributed by atoms with Gasteiger partial charge in [0.25, 0.3) is 0 Å². The third-order valence-electron chi connectivity index (χ3n) is 4.03. The predicted octanol–water partition coefficient (Wildman–Crippen LogP) is 4.38. The molecule has 1 aromatic carbocycles. The molecule has 0 atom stereocenters. The summed E-state index contributed by atoms with van der Waals surface area (Å²) < 4.78 is 5.93. The molecule has 0 amide bonds. The lowest BCUT2D eigenvalue weighted by atomic mass is 10.0. The summed E-state index contributed by atoms with van der Waals surface area (Å²) in [6.07, 6.45) is 7.01. The fourth-order valence-electron chi connectivity index (χ4n) is 2.79. The first-order valence-corrected chi connectivity index (χ1v) is 7.78. The van der Waals surface area contributed by atoms with Gasteiger partial charge >= 0.3 is 0 Å². The lowest BCUT2D eigenvalue weighted by Crippen LogP contribution is -1.99. The number of allylic oxidation sites excluding steroid dienone is 3. The Morgan fingerprint density at radius 2 is 2.32 bits per heavy atom. The molecule has 0 bridgehead atoms. The second-order valence-electron chi connectivity index (χ2n) is 5.77. The Morgan fingerprint density at radius 1 is 1.45 bits per heavy atom. The van der Waals surface area contributed by atoms with Crippen molar-refractivity contribution >= 4 is 0 Å². The molecule has 1 aromatic heterocycles. The van der Waals surface area contributed by atoms with Crippen molar-refractivity contribution in [2.75, 3.05) is 6.61 Å². The van der Waals surface area contributed by atoms with E-state index in [4.69, 9.17) is 4.74 Å². The average Bonchev–Trinajstić information content (AvgIpc) is 2.80. The van der Waals surface area contributed by atoms with Crippen molar-refractivity contribution in [3.05, 3.63) is 59.6 Å². The van der Waals surface area contributed by atoms with Gasteiger partial charge in [-0.1, -0.05) is 30.4 Å². The summed E-state index contributed by atoms with van der Waals surface area (Å²) in [5, 5.41) is 0. The smallest absolute Gasteiger partial charge is 0.129 e. The van der Waals surface area contributed by atoms with Crippen molar-refractivity contribution in [1.82, 2.24) is 9.97 Å². The van der Waals surface area contributed by atoms with Crippen molar-refractivity contribution < 1.29 is 4.74 Å². The number of aryl methyl sites for hydroxylation is 2. The Balaban J connectivity index is 1.85. The maximum absolute atomic E-state index is 5.93. The molecule has 0 radical (unpaired) electrons. The van der Waals surface area contributed by atoms with Crippen LogP contribution >= 0.6 is 0 Å². The van der Waals surface area contributed by atoms with Crippen molar-refractivity contribution in [2.24, 2.45) is 0 Å². The molecule has 0 fully saturated rings. The number of fused-ring (bicyclic) bond motifs is 3. The predicted molar refractivity (Wildman–Crippen MR) is 90.2 cm³/mol. The van der Waals surface area contributed by atoms with E-state index in [0.717, 1.165) is 42.1 Å². The quantitative estimate of drug-likeness (QED) is 0.849. The van der Waals surface area contributed by atoms with Crippen LogP contribution in [0.4, 0.5) is 0 Å². The van der Waals surface area contributed by atoms with Gasteiger partial charge in [0, 0.05) is 17.7 Å². The second-order valence-corrected chi connectivity index (χ2v) is 5.77. The number of nitrogens with one attached hydrogen (secondary N) is 1. The van der Waals surface area contributed by atoms with E-state index in [1.807, 2.05) is 13.0 Å². The summed E-state index contributed by atoms with van der Waals surface area (Å²) >= 11 is 0. The van der Waals surface area contributed by atoms with Crippen LogP contribution in [0.5, 0.6) is 5.75 Å². The van der Waals surface area contributed by atoms with E-state index in [0.29, 0.717) is 6.61 Å². The first-order valence-electron chi connectivity index (χ1n) is 7.78. The lowest BCUT2D eigenvalue weighted by Gasteiger charge is -2.09. The van der Waals surface area contributed by atoms with Crippen LogP contribution < -0.4 is 4.74 Å². The van der Waals surface area contributed by atoms with Gasteiger partial charge in [0.05, 0.1) is 12.3 Å². The van der Waals surface area contributed by atoms with E-state index in [2.05, 4.69) is 47.7 Å². The SMILES string of the molecule is C=CC(C)=CCCc1ccc2c(c1)OCCc1[nH]c(C)nc1-2. The molecular weight excluding hydrogens is 272 g/mol. The highest BCUT2D eigenvalue weighted by molar-refractivity contribution is 5.70. The van der Waals surface area contributed by atoms with Crippen molar-refractivity contribution in [3.63, 3.8) is 0 Å². The summed E-state index contributed by atoms with van der Waals surface area (Å²) in [4.78, 5) is 7.96. The number of aromatic nitrogens is 2. The van der Waals surface area contributed by atoms with E-state index in [1.54, 1.807) is 0 Å². The summed E-state index contributed by atoms with van der Waals surface area (Å²) in [7, 11) is 0. The van der Waals surface area contributed by atoms with E-state index >= 15 is 0 Å². The summed E-state index contributed by atoms with van der Waals surface area (Å²) in [6.45, 7) is 8.55. The Morgan fingerprint density at radius 3 is 3.14 bits per heavy atom. The van der Waals surface area contributed by atoms with Crippen molar-refractivity contribution in [2.45, 2.75) is 33.1 Å². The molecular formula is C19H22N2O. The normalized spacial score (nSPS) is 13.8. The zero-order chi connectivity index (χ0) is 15.5. The maximum Gasteiger partial charge on any atom is 0.129 e. The van der Waals surface area contributed by atoms with Gasteiger partial charge in [-0.3, -0.25) is 0 Å². The zero-order valence-corrected chi connectivity index (χ0v) is 13.3. The van der Waals surface area contributed by atoms with Crippen LogP contribution in [-0.4, -0.2) is 16.6 Å². The fraction of sp³-hybridized carbons (Fsp3) is 0.316. The minimum Gasteiger partial charge on any atom is -0.492 e. The molecule has 3 nitrogen and oxygen atoms in total. The highest BCUT2D eigenvalue weighted by Gasteiger charge is 2.19. The van der Waals surface area contributed by atoms with Crippen LogP contribution in [-0.2, 0) is 12.8 Å². The topological polar surface area (TPSA) is 37.9 Å². The number of imidazole rings is 1. The molecule has 2 aromatic rings. The zero-order valence-electron chi connectivity index (χ0n) is 13.3. The molecule has 0 spiro atoms. The Labute approximate surface area is 131 Å². The van der Waals surface area contributed by atoms with Gasteiger partial charge < -0.3 is 9.72 Å². The van der Waals surface area contributed by atoms with Gasteiger partial charge in [0.1, 0.15) is 11.6 Å². The lowest BCUT2D eigenvalue weighted by molar-refractivity contribution is 0.325. The monoisotopic (exact) mass is 294 g/mol. The number of nitrogens with zero attached hydrogens (tertiary/aromatic N) is 1. The maximum atomic E-state index is 5.93. The van der Waals surface area contributed by atoms with Crippen LogP contribution in [0.2, 0.25) is 0 Å². The Kier molecular flexibility index (Phi) is 4.14. The molecule has 0 aliphatic carbocycles. The van der Waals surface area contributed by atoms with Crippen LogP contribution in [0.25, 0.3) is 11.3 Å². The summed E-state index contributed by atoms with van der Waals surface area (Å²) in [5.74, 6) is 1.92. The summed E-state index contributed by atoms with van der Waals surface area (Å²) in [5.41, 5.74) is 5.83. The third-order valence-corrected chi connectivity index (χ3v) is 4.03. The van der Waals surface area contributed by atoms with E-state index in [9.17, 15) is 0 Å². The van der Waals surface area contributed by atoms with Gasteiger partial charge in [0.2, 0.25) is 0 Å². The second kappa shape index (κ2) is 6.22. The van der Waals surface area contributed by atoms with Gasteiger partial charge in [-0.05, 0) is 44.4 Å². The highest BCUT2D eigenvalue weighted by atomic mass is 16.5. The highest BCUT2D eigenvalue weighted by Crippen LogP contribution is 2.35. The van der Waals surface area contributed by atoms with Crippen LogP contribution in [0.3, 0.4) is 0 Å². The largest absolute Gasteiger partial charge is 0.492 e. The van der Waals surface area contributed by atoms with E-state index in [1.165, 1.54) is 16.8 Å². The average molecular weight is 294 g/mol. The number of benzene rings is 1.